The van der Waals surface area contributed by atoms with Crippen molar-refractivity contribution in [1.29, 1.82) is 0 Å². The summed E-state index contributed by atoms with van der Waals surface area (Å²) in [6.45, 7) is 1.05. The first-order valence-electron chi connectivity index (χ1n) is 23.7. The second-order valence-corrected chi connectivity index (χ2v) is 16.6. The number of benzene rings is 7. The maximum atomic E-state index is 13.8. The van der Waals surface area contributed by atoms with E-state index in [1.165, 1.54) is 13.2 Å². The van der Waals surface area contributed by atoms with E-state index in [-0.39, 0.29) is 51.9 Å². The molecule has 7 aromatic rings. The van der Waals surface area contributed by atoms with E-state index >= 15 is 0 Å². The number of carbonyl (C=O) groups is 2. The third-order valence-corrected chi connectivity index (χ3v) is 11.4. The number of nitrogens with one attached hydrogen (secondary N) is 1. The number of ether oxygens (including phenoxy) is 8. The van der Waals surface area contributed by atoms with Crippen molar-refractivity contribution < 1.29 is 47.5 Å². The van der Waals surface area contributed by atoms with Crippen molar-refractivity contribution in [2.45, 2.75) is 76.8 Å². The van der Waals surface area contributed by atoms with Gasteiger partial charge in [0, 0.05) is 0 Å². The number of alkyl carbamates (subject to hydrolysis) is 1. The van der Waals surface area contributed by atoms with Crippen LogP contribution in [0.3, 0.4) is 0 Å². The number of methoxy groups -OCH3 is 1. The lowest BCUT2D eigenvalue weighted by Gasteiger charge is -2.40. The molecule has 0 heterocycles. The normalized spacial score (nSPS) is 13.6. The van der Waals surface area contributed by atoms with Gasteiger partial charge < -0.3 is 37.9 Å². The maximum Gasteiger partial charge on any atom is 0.412 e. The standard InChI is InChI=1S/C60H61NO10/c1-64-59(62)53(61-60(63)71-44-52-35-21-8-22-36-52)37-54(66-39-47-25-11-3-12-26-47)56(68-41-49-29-15-5-16-30-49)58(70-43-51-33-19-7-20-34-51)57(69-42-50-31-17-6-18-32-50)55(67-40-48-27-13-4-14-28-48)45-65-38-46-23-9-2-10-24-46/h2-37,54-58H,38-45H2,1H3,(H,61,63)/b53-37-/t54-,55+,56+,57+,58+/m0/s1. The summed E-state index contributed by atoms with van der Waals surface area (Å²) in [4.78, 5) is 27.4. The SMILES string of the molecule is COC(=O)/C(=C/[C@H](OCc1ccccc1)[C@@H](OCc1ccccc1)[C@@H](OCc1ccccc1)[C@H](OCc1ccccc1)[C@@H](COCc1ccccc1)OCc1ccccc1)NC(=O)OCc1ccccc1. The molecule has 0 aliphatic carbocycles. The maximum absolute atomic E-state index is 13.8. The van der Waals surface area contributed by atoms with E-state index in [4.69, 9.17) is 37.9 Å². The molecule has 0 aliphatic heterocycles. The van der Waals surface area contributed by atoms with Crippen LogP contribution in [0.1, 0.15) is 38.9 Å². The van der Waals surface area contributed by atoms with Gasteiger partial charge in [-0.25, -0.2) is 9.59 Å². The summed E-state index contributed by atoms with van der Waals surface area (Å²) >= 11 is 0. The molecule has 0 aromatic heterocycles. The first-order valence-corrected chi connectivity index (χ1v) is 23.7. The van der Waals surface area contributed by atoms with Gasteiger partial charge in [-0.1, -0.05) is 212 Å². The Morgan fingerprint density at radius 2 is 0.746 bits per heavy atom. The Morgan fingerprint density at radius 1 is 0.408 bits per heavy atom. The number of hydrogen-bond acceptors (Lipinski definition) is 10. The molecule has 0 aliphatic rings. The number of hydrogen-bond donors (Lipinski definition) is 1. The lowest BCUT2D eigenvalue weighted by Crippen LogP contribution is -2.54. The smallest absolute Gasteiger partial charge is 0.412 e. The first-order chi connectivity index (χ1) is 35.0. The lowest BCUT2D eigenvalue weighted by molar-refractivity contribution is -0.216. The van der Waals surface area contributed by atoms with E-state index in [9.17, 15) is 9.59 Å². The zero-order valence-electron chi connectivity index (χ0n) is 39.9. The topological polar surface area (TPSA) is 120 Å². The van der Waals surface area contributed by atoms with Gasteiger partial charge in [0.05, 0.1) is 53.4 Å². The third kappa shape index (κ3) is 17.6. The van der Waals surface area contributed by atoms with Crippen molar-refractivity contribution in [2.75, 3.05) is 13.7 Å². The highest BCUT2D eigenvalue weighted by atomic mass is 16.6. The lowest BCUT2D eigenvalue weighted by atomic mass is 9.96. The van der Waals surface area contributed by atoms with Gasteiger partial charge in [0.1, 0.15) is 42.8 Å². The average Bonchev–Trinajstić information content (AvgIpc) is 3.43. The zero-order valence-corrected chi connectivity index (χ0v) is 39.9. The molecule has 0 bridgehead atoms. The predicted molar refractivity (Wildman–Crippen MR) is 271 cm³/mol. The molecule has 1 N–H and O–H groups in total. The molecule has 0 fully saturated rings. The summed E-state index contributed by atoms with van der Waals surface area (Å²) in [5.74, 6) is -0.839. The fourth-order valence-corrected chi connectivity index (χ4v) is 7.66. The Labute approximate surface area is 416 Å². The van der Waals surface area contributed by atoms with E-state index in [1.807, 2.05) is 212 Å². The van der Waals surface area contributed by atoms with E-state index in [0.29, 0.717) is 6.61 Å². The average molecular weight is 956 g/mol. The Kier molecular flexibility index (Phi) is 21.1. The van der Waals surface area contributed by atoms with Gasteiger partial charge in [0.25, 0.3) is 0 Å². The van der Waals surface area contributed by atoms with Gasteiger partial charge in [-0.15, -0.1) is 0 Å². The molecule has 71 heavy (non-hydrogen) atoms. The molecule has 0 radical (unpaired) electrons. The molecule has 0 unspecified atom stereocenters. The highest BCUT2D eigenvalue weighted by molar-refractivity contribution is 5.92. The number of carbonyl (C=O) groups excluding carboxylic acids is 2. The second-order valence-electron chi connectivity index (χ2n) is 16.6. The molecule has 7 rings (SSSR count). The summed E-state index contributed by atoms with van der Waals surface area (Å²) < 4.78 is 52.6. The zero-order chi connectivity index (χ0) is 49.1. The summed E-state index contributed by atoms with van der Waals surface area (Å²) in [7, 11) is 1.24. The Hall–Kier alpha value is -7.22. The Balaban J connectivity index is 1.35. The van der Waals surface area contributed by atoms with E-state index < -0.39 is 42.6 Å². The largest absolute Gasteiger partial charge is 0.464 e. The predicted octanol–water partition coefficient (Wildman–Crippen LogP) is 11.1. The van der Waals surface area contributed by atoms with Crippen LogP contribution in [0.4, 0.5) is 4.79 Å². The number of esters is 1. The van der Waals surface area contributed by atoms with Crippen LogP contribution in [0.15, 0.2) is 224 Å². The molecule has 7 aromatic carbocycles. The summed E-state index contributed by atoms with van der Waals surface area (Å²) in [6.07, 6.45) is -4.33. The molecule has 1 amide bonds. The minimum atomic E-state index is -1.13. The molecule has 11 nitrogen and oxygen atoms in total. The fraction of sp³-hybridized carbons (Fsp3) is 0.233. The molecular weight excluding hydrogens is 895 g/mol. The molecular formula is C60H61NO10. The molecule has 0 spiro atoms. The third-order valence-electron chi connectivity index (χ3n) is 11.4. The number of rotatable bonds is 28. The Morgan fingerprint density at radius 3 is 1.15 bits per heavy atom. The van der Waals surface area contributed by atoms with Crippen molar-refractivity contribution in [3.05, 3.63) is 263 Å². The van der Waals surface area contributed by atoms with Crippen LogP contribution in [-0.4, -0.2) is 56.3 Å². The van der Waals surface area contributed by atoms with Crippen LogP contribution in [-0.2, 0) is 88.9 Å². The van der Waals surface area contributed by atoms with Gasteiger partial charge >= 0.3 is 12.1 Å². The van der Waals surface area contributed by atoms with Crippen LogP contribution in [0.2, 0.25) is 0 Å². The highest BCUT2D eigenvalue weighted by Gasteiger charge is 2.43. The monoisotopic (exact) mass is 955 g/mol. The van der Waals surface area contributed by atoms with Crippen LogP contribution in [0, 0.1) is 0 Å². The van der Waals surface area contributed by atoms with Gasteiger partial charge in [0.2, 0.25) is 0 Å². The molecule has 0 saturated heterocycles. The summed E-state index contributed by atoms with van der Waals surface area (Å²) in [6, 6.07) is 68.1. The van der Waals surface area contributed by atoms with Gasteiger partial charge in [-0.3, -0.25) is 5.32 Å². The van der Waals surface area contributed by atoms with E-state index in [0.717, 1.165) is 38.9 Å². The van der Waals surface area contributed by atoms with Crippen molar-refractivity contribution in [3.8, 4) is 0 Å². The summed E-state index contributed by atoms with van der Waals surface area (Å²) in [5.41, 5.74) is 5.98. The number of amides is 1. The molecule has 366 valence electrons. The van der Waals surface area contributed by atoms with E-state index in [1.54, 1.807) is 0 Å². The van der Waals surface area contributed by atoms with Crippen LogP contribution in [0.25, 0.3) is 0 Å². The van der Waals surface area contributed by atoms with Crippen LogP contribution >= 0.6 is 0 Å². The van der Waals surface area contributed by atoms with Crippen LogP contribution in [0.5, 0.6) is 0 Å². The van der Waals surface area contributed by atoms with Crippen molar-refractivity contribution >= 4 is 12.1 Å². The fourth-order valence-electron chi connectivity index (χ4n) is 7.66. The van der Waals surface area contributed by atoms with Crippen LogP contribution < -0.4 is 5.32 Å². The minimum absolute atomic E-state index is 0.0373. The first kappa shape index (κ1) is 51.6. The van der Waals surface area contributed by atoms with E-state index in [2.05, 4.69) is 5.32 Å². The van der Waals surface area contributed by atoms with Gasteiger partial charge in [-0.2, -0.15) is 0 Å². The van der Waals surface area contributed by atoms with Crippen molar-refractivity contribution in [2.24, 2.45) is 0 Å². The van der Waals surface area contributed by atoms with Crippen molar-refractivity contribution in [3.63, 3.8) is 0 Å². The molecule has 5 atom stereocenters. The molecule has 0 saturated carbocycles. The summed E-state index contributed by atoms with van der Waals surface area (Å²) in [5, 5.41) is 2.65. The van der Waals surface area contributed by atoms with Crippen molar-refractivity contribution in [1.82, 2.24) is 5.32 Å². The highest BCUT2D eigenvalue weighted by Crippen LogP contribution is 2.28. The molecule has 11 heteroatoms. The van der Waals surface area contributed by atoms with Gasteiger partial charge in [-0.05, 0) is 45.0 Å². The van der Waals surface area contributed by atoms with Gasteiger partial charge in [0.15, 0.2) is 0 Å². The second kappa shape index (κ2) is 29.1. The Bertz CT molecular complexity index is 2590. The quantitative estimate of drug-likeness (QED) is 0.0375. The minimum Gasteiger partial charge on any atom is -0.464 e.